The molecule has 1 aliphatic rings. The van der Waals surface area contributed by atoms with Crippen LogP contribution in [0.25, 0.3) is 0 Å². The number of ether oxygens (including phenoxy) is 6. The molecule has 0 aliphatic heterocycles. The van der Waals surface area contributed by atoms with E-state index in [9.17, 15) is 0 Å². The van der Waals surface area contributed by atoms with Crippen molar-refractivity contribution in [3.8, 4) is 0 Å². The van der Waals surface area contributed by atoms with E-state index in [-0.39, 0.29) is 0 Å². The summed E-state index contributed by atoms with van der Waals surface area (Å²) in [5, 5.41) is 0. The Kier molecular flexibility index (Phi) is 14.1. The second-order valence-corrected chi connectivity index (χ2v) is 13.2. The largest absolute Gasteiger partial charge is 0.368 e. The van der Waals surface area contributed by atoms with Gasteiger partial charge in [0.05, 0.1) is 39.0 Å². The summed E-state index contributed by atoms with van der Waals surface area (Å²) < 4.78 is 41.2. The minimum absolute atomic E-state index is 0.370. The highest BCUT2D eigenvalue weighted by molar-refractivity contribution is 7.98. The quantitative estimate of drug-likeness (QED) is 0.0854. The zero-order chi connectivity index (χ0) is 34.2. The van der Waals surface area contributed by atoms with Gasteiger partial charge < -0.3 is 28.4 Å². The van der Waals surface area contributed by atoms with Crippen LogP contribution in [0.1, 0.15) is 27.8 Å². The van der Waals surface area contributed by atoms with Gasteiger partial charge in [-0.15, -0.1) is 11.8 Å². The maximum Gasteiger partial charge on any atom is 0.116 e. The van der Waals surface area contributed by atoms with Gasteiger partial charge >= 0.3 is 0 Å². The summed E-state index contributed by atoms with van der Waals surface area (Å²) >= 11 is 1.61. The Morgan fingerprint density at radius 2 is 0.520 bits per heavy atom. The molecule has 6 nitrogen and oxygen atoms in total. The van der Waals surface area contributed by atoms with Crippen LogP contribution in [-0.4, -0.2) is 48.8 Å². The third-order valence-corrected chi connectivity index (χ3v) is 9.12. The van der Waals surface area contributed by atoms with Gasteiger partial charge in [0.15, 0.2) is 0 Å². The van der Waals surface area contributed by atoms with Gasteiger partial charge in [0.2, 0.25) is 0 Å². The lowest BCUT2D eigenvalue weighted by Crippen LogP contribution is -2.67. The lowest BCUT2D eigenvalue weighted by Gasteiger charge is -2.49. The SMILES string of the molecule is CSCOC1[C@H](OCc2ccccc2)[C@H](OCc2ccccc2)C(OCc2ccccc2)[C@H](OCc2ccccc2)[C@H]1OCc1ccccc1. The Bertz CT molecular complexity index is 1530. The number of thioether (sulfide) groups is 1. The fourth-order valence-electron chi connectivity index (χ4n) is 6.24. The first-order chi connectivity index (χ1) is 24.8. The van der Waals surface area contributed by atoms with E-state index in [1.54, 1.807) is 11.8 Å². The van der Waals surface area contributed by atoms with Crippen molar-refractivity contribution in [2.75, 3.05) is 12.2 Å². The van der Waals surface area contributed by atoms with Gasteiger partial charge in [-0.2, -0.15) is 0 Å². The third-order valence-electron chi connectivity index (χ3n) is 8.75. The zero-order valence-electron chi connectivity index (χ0n) is 28.5. The fourth-order valence-corrected chi connectivity index (χ4v) is 6.53. The Hall–Kier alpha value is -3.79. The molecule has 7 heteroatoms. The summed E-state index contributed by atoms with van der Waals surface area (Å²) in [4.78, 5) is 0. The van der Waals surface area contributed by atoms with Crippen LogP contribution in [0.15, 0.2) is 152 Å². The van der Waals surface area contributed by atoms with Crippen molar-refractivity contribution in [1.82, 2.24) is 0 Å². The van der Waals surface area contributed by atoms with Crippen molar-refractivity contribution >= 4 is 11.8 Å². The number of hydrogen-bond acceptors (Lipinski definition) is 7. The third kappa shape index (κ3) is 10.4. The molecule has 6 rings (SSSR count). The van der Waals surface area contributed by atoms with Crippen molar-refractivity contribution in [3.05, 3.63) is 179 Å². The molecule has 0 radical (unpaired) electrons. The van der Waals surface area contributed by atoms with E-state index in [4.69, 9.17) is 28.4 Å². The standard InChI is InChI=1S/C43H46O6S/c1-50-32-49-43-41(47-30-36-23-13-5-14-24-36)39(45-28-34-19-9-3-10-20-34)38(44-27-33-17-7-2-8-18-33)40(46-29-35-21-11-4-12-22-35)42(43)48-31-37-25-15-6-16-26-37/h2-26,38-43H,27-32H2,1H3/t38?,39-,40+,41-,42-,43?/m1/s1. The van der Waals surface area contributed by atoms with Crippen molar-refractivity contribution < 1.29 is 28.4 Å². The second-order valence-electron chi connectivity index (χ2n) is 12.3. The summed E-state index contributed by atoms with van der Waals surface area (Å²) in [7, 11) is 0. The molecule has 5 aromatic rings. The molecule has 5 aromatic carbocycles. The molecule has 0 N–H and O–H groups in total. The molecular formula is C43H46O6S. The monoisotopic (exact) mass is 690 g/mol. The van der Waals surface area contributed by atoms with E-state index < -0.39 is 36.6 Å². The molecule has 0 saturated heterocycles. The summed E-state index contributed by atoms with van der Waals surface area (Å²) in [6.45, 7) is 1.87. The second kappa shape index (κ2) is 19.6. The van der Waals surface area contributed by atoms with Crippen LogP contribution in [0.5, 0.6) is 0 Å². The summed E-state index contributed by atoms with van der Waals surface area (Å²) in [6.07, 6.45) is -1.22. The molecule has 260 valence electrons. The number of hydrogen-bond donors (Lipinski definition) is 0. The molecule has 0 heterocycles. The maximum atomic E-state index is 6.92. The Balaban J connectivity index is 1.40. The van der Waals surface area contributed by atoms with E-state index in [1.807, 2.05) is 97.3 Å². The van der Waals surface area contributed by atoms with Crippen LogP contribution >= 0.6 is 11.8 Å². The van der Waals surface area contributed by atoms with Gasteiger partial charge in [-0.05, 0) is 34.1 Å². The first kappa shape index (κ1) is 36.0. The highest BCUT2D eigenvalue weighted by Crippen LogP contribution is 2.36. The molecule has 6 atom stereocenters. The predicted octanol–water partition coefficient (Wildman–Crippen LogP) is 8.63. The molecule has 1 saturated carbocycles. The van der Waals surface area contributed by atoms with Crippen molar-refractivity contribution in [2.45, 2.75) is 69.7 Å². The fraction of sp³-hybridized carbons (Fsp3) is 0.302. The van der Waals surface area contributed by atoms with Gasteiger partial charge in [-0.3, -0.25) is 0 Å². The average molecular weight is 691 g/mol. The maximum absolute atomic E-state index is 6.92. The van der Waals surface area contributed by atoms with Crippen LogP contribution < -0.4 is 0 Å². The van der Waals surface area contributed by atoms with E-state index in [2.05, 4.69) is 60.7 Å². The van der Waals surface area contributed by atoms with Gasteiger partial charge in [0.1, 0.15) is 36.6 Å². The normalized spacial score (nSPS) is 21.9. The molecule has 50 heavy (non-hydrogen) atoms. The van der Waals surface area contributed by atoms with Crippen molar-refractivity contribution in [1.29, 1.82) is 0 Å². The van der Waals surface area contributed by atoms with E-state index in [0.717, 1.165) is 27.8 Å². The van der Waals surface area contributed by atoms with E-state index in [0.29, 0.717) is 39.0 Å². The molecule has 1 aliphatic carbocycles. The lowest BCUT2D eigenvalue weighted by molar-refractivity contribution is -0.288. The van der Waals surface area contributed by atoms with Crippen LogP contribution in [0.4, 0.5) is 0 Å². The predicted molar refractivity (Wildman–Crippen MR) is 198 cm³/mol. The van der Waals surface area contributed by atoms with E-state index in [1.165, 1.54) is 0 Å². The first-order valence-corrected chi connectivity index (χ1v) is 18.6. The average Bonchev–Trinajstić information content (AvgIpc) is 3.18. The summed E-state index contributed by atoms with van der Waals surface area (Å²) in [5.74, 6) is 0.452. The van der Waals surface area contributed by atoms with Crippen LogP contribution in [0.2, 0.25) is 0 Å². The van der Waals surface area contributed by atoms with Crippen molar-refractivity contribution in [3.63, 3.8) is 0 Å². The van der Waals surface area contributed by atoms with Gasteiger partial charge in [0.25, 0.3) is 0 Å². The molecule has 0 spiro atoms. The highest BCUT2D eigenvalue weighted by atomic mass is 32.2. The first-order valence-electron chi connectivity index (χ1n) is 17.2. The summed E-state index contributed by atoms with van der Waals surface area (Å²) in [5.41, 5.74) is 5.29. The van der Waals surface area contributed by atoms with Crippen LogP contribution in [-0.2, 0) is 61.5 Å². The molecule has 0 amide bonds. The Labute approximate surface area is 300 Å². The minimum atomic E-state index is -0.557. The molecule has 1 fully saturated rings. The minimum Gasteiger partial charge on any atom is -0.368 e. The zero-order valence-corrected chi connectivity index (χ0v) is 29.3. The Morgan fingerprint density at radius 3 is 0.720 bits per heavy atom. The number of benzene rings is 5. The van der Waals surface area contributed by atoms with Gasteiger partial charge in [-0.25, -0.2) is 0 Å². The topological polar surface area (TPSA) is 55.4 Å². The molecule has 0 bridgehead atoms. The van der Waals surface area contributed by atoms with Crippen LogP contribution in [0, 0.1) is 0 Å². The number of rotatable bonds is 18. The van der Waals surface area contributed by atoms with Crippen molar-refractivity contribution in [2.24, 2.45) is 0 Å². The smallest absolute Gasteiger partial charge is 0.116 e. The highest BCUT2D eigenvalue weighted by Gasteiger charge is 2.55. The molecule has 2 unspecified atom stereocenters. The summed E-state index contributed by atoms with van der Waals surface area (Å²) in [6, 6.07) is 51.0. The Morgan fingerprint density at radius 1 is 0.320 bits per heavy atom. The van der Waals surface area contributed by atoms with Crippen LogP contribution in [0.3, 0.4) is 0 Å². The van der Waals surface area contributed by atoms with E-state index >= 15 is 0 Å². The lowest BCUT2D eigenvalue weighted by atomic mass is 9.83. The molecular weight excluding hydrogens is 645 g/mol. The molecule has 0 aromatic heterocycles. The van der Waals surface area contributed by atoms with Gasteiger partial charge in [0, 0.05) is 0 Å². The van der Waals surface area contributed by atoms with Gasteiger partial charge in [-0.1, -0.05) is 152 Å².